The van der Waals surface area contributed by atoms with Gasteiger partial charge in [-0.1, -0.05) is 30.3 Å². The topological polar surface area (TPSA) is 86.9 Å². The van der Waals surface area contributed by atoms with Gasteiger partial charge < -0.3 is 5.32 Å². The Morgan fingerprint density at radius 1 is 1.00 bits per heavy atom. The van der Waals surface area contributed by atoms with Gasteiger partial charge in [0.2, 0.25) is 0 Å². The highest BCUT2D eigenvalue weighted by Gasteiger charge is 2.17. The molecule has 0 fully saturated rings. The normalized spacial score (nSPS) is 13.2. The molecule has 26 heavy (non-hydrogen) atoms. The monoisotopic (exact) mass is 346 g/mol. The molecule has 1 aliphatic carbocycles. The van der Waals surface area contributed by atoms with Crippen molar-refractivity contribution < 1.29 is 9.59 Å². The Morgan fingerprint density at radius 3 is 2.69 bits per heavy atom. The van der Waals surface area contributed by atoms with Gasteiger partial charge in [-0.05, 0) is 42.2 Å². The van der Waals surface area contributed by atoms with Crippen molar-refractivity contribution in [2.45, 2.75) is 19.3 Å². The molecule has 0 spiro atoms. The molecule has 0 radical (unpaired) electrons. The van der Waals surface area contributed by atoms with Gasteiger partial charge in [-0.3, -0.25) is 15.2 Å². The molecule has 6 nitrogen and oxygen atoms in total. The fourth-order valence-electron chi connectivity index (χ4n) is 3.15. The van der Waals surface area contributed by atoms with Gasteiger partial charge in [0.1, 0.15) is 0 Å². The lowest BCUT2D eigenvalue weighted by Gasteiger charge is -2.16. The Bertz CT molecular complexity index is 963. The number of amides is 2. The van der Waals surface area contributed by atoms with Crippen LogP contribution in [0.2, 0.25) is 0 Å². The van der Waals surface area contributed by atoms with Crippen LogP contribution in [0.5, 0.6) is 0 Å². The van der Waals surface area contributed by atoms with Crippen LogP contribution < -0.4 is 10.6 Å². The molecule has 2 aromatic carbocycles. The van der Waals surface area contributed by atoms with Gasteiger partial charge in [0.05, 0.1) is 5.69 Å². The van der Waals surface area contributed by atoms with E-state index in [4.69, 9.17) is 0 Å². The van der Waals surface area contributed by atoms with Crippen molar-refractivity contribution >= 4 is 23.3 Å². The molecular formula is C20H18N4O2. The Morgan fingerprint density at radius 2 is 1.85 bits per heavy atom. The number of urea groups is 1. The number of aromatic amines is 1. The summed E-state index contributed by atoms with van der Waals surface area (Å²) in [6.45, 7) is 0. The highest BCUT2D eigenvalue weighted by Crippen LogP contribution is 2.24. The number of aryl methyl sites for hydroxylation is 1. The number of carbonyl (C=O) groups excluding carboxylic acids is 2. The molecule has 1 heterocycles. The smallest absolute Gasteiger partial charge is 0.308 e. The lowest BCUT2D eigenvalue weighted by Crippen LogP contribution is -2.20. The van der Waals surface area contributed by atoms with E-state index in [1.807, 2.05) is 36.4 Å². The van der Waals surface area contributed by atoms with Gasteiger partial charge in [0.25, 0.3) is 0 Å². The van der Waals surface area contributed by atoms with Crippen LogP contribution in [0.1, 0.15) is 28.8 Å². The molecule has 4 rings (SSSR count). The minimum atomic E-state index is -0.377. The van der Waals surface area contributed by atoms with E-state index in [2.05, 4.69) is 20.8 Å². The first-order valence-electron chi connectivity index (χ1n) is 8.54. The highest BCUT2D eigenvalue weighted by atomic mass is 16.2. The summed E-state index contributed by atoms with van der Waals surface area (Å²) in [6, 6.07) is 16.6. The second-order valence-electron chi connectivity index (χ2n) is 6.26. The second-order valence-corrected chi connectivity index (χ2v) is 6.26. The molecule has 1 aromatic heterocycles. The molecule has 0 atom stereocenters. The number of fused-ring (bicyclic) bond motifs is 1. The number of hydrogen-bond acceptors (Lipinski definition) is 3. The number of benzene rings is 2. The third-order valence-electron chi connectivity index (χ3n) is 4.42. The van der Waals surface area contributed by atoms with Crippen molar-refractivity contribution in [2.24, 2.45) is 0 Å². The molecular weight excluding hydrogens is 328 g/mol. The first-order chi connectivity index (χ1) is 12.7. The number of rotatable bonds is 3. The van der Waals surface area contributed by atoms with Crippen LogP contribution in [0.25, 0.3) is 11.3 Å². The first-order valence-corrected chi connectivity index (χ1v) is 8.54. The zero-order chi connectivity index (χ0) is 17.9. The Balaban J connectivity index is 1.43. The van der Waals surface area contributed by atoms with Crippen molar-refractivity contribution in [1.29, 1.82) is 0 Å². The van der Waals surface area contributed by atoms with E-state index in [9.17, 15) is 9.59 Å². The molecule has 6 heteroatoms. The maximum absolute atomic E-state index is 12.2. The average molecular weight is 346 g/mol. The summed E-state index contributed by atoms with van der Waals surface area (Å²) in [6.07, 6.45) is 2.32. The van der Waals surface area contributed by atoms with Crippen molar-refractivity contribution in [3.8, 4) is 11.3 Å². The summed E-state index contributed by atoms with van der Waals surface area (Å²) in [7, 11) is 0. The average Bonchev–Trinajstić information content (AvgIpc) is 3.11. The van der Waals surface area contributed by atoms with Crippen LogP contribution in [0.4, 0.5) is 16.3 Å². The number of aromatic nitrogens is 2. The number of Topliss-reactive ketones (excluding diaryl/α,β-unsaturated/α-hetero) is 1. The molecule has 0 aliphatic heterocycles. The van der Waals surface area contributed by atoms with Crippen molar-refractivity contribution in [3.63, 3.8) is 0 Å². The number of carbonyl (C=O) groups is 2. The fraction of sp³-hybridized carbons (Fsp3) is 0.150. The van der Waals surface area contributed by atoms with E-state index in [-0.39, 0.29) is 11.8 Å². The van der Waals surface area contributed by atoms with Gasteiger partial charge in [0.15, 0.2) is 11.6 Å². The number of nitrogens with one attached hydrogen (secondary N) is 3. The maximum Gasteiger partial charge on any atom is 0.324 e. The predicted octanol–water partition coefficient (Wildman–Crippen LogP) is 4.24. The zero-order valence-electron chi connectivity index (χ0n) is 14.1. The van der Waals surface area contributed by atoms with E-state index in [0.29, 0.717) is 17.9 Å². The fourth-order valence-corrected chi connectivity index (χ4v) is 3.15. The molecule has 3 aromatic rings. The summed E-state index contributed by atoms with van der Waals surface area (Å²) >= 11 is 0. The maximum atomic E-state index is 12.2. The lowest BCUT2D eigenvalue weighted by molar-refractivity contribution is 0.0972. The summed E-state index contributed by atoms with van der Waals surface area (Å²) < 4.78 is 0. The molecule has 0 bridgehead atoms. The van der Waals surface area contributed by atoms with Crippen LogP contribution >= 0.6 is 0 Å². The van der Waals surface area contributed by atoms with Gasteiger partial charge in [-0.15, -0.1) is 0 Å². The third kappa shape index (κ3) is 3.35. The standard InChI is InChI=1S/C20H18N4O2/c25-18-8-4-7-14-11-15(9-10-16(14)18)21-20(26)22-19-12-17(23-24-19)13-5-2-1-3-6-13/h1-3,5-6,9-12H,4,7-8H2,(H3,21,22,23,24,26). The predicted molar refractivity (Wildman–Crippen MR) is 100 cm³/mol. The Hall–Kier alpha value is -3.41. The minimum absolute atomic E-state index is 0.173. The molecule has 130 valence electrons. The van der Waals surface area contributed by atoms with Gasteiger partial charge in [0, 0.05) is 23.7 Å². The van der Waals surface area contributed by atoms with Crippen molar-refractivity contribution in [2.75, 3.05) is 10.6 Å². The number of nitrogens with zero attached hydrogens (tertiary/aromatic N) is 1. The van der Waals surface area contributed by atoms with Gasteiger partial charge in [-0.2, -0.15) is 5.10 Å². The first kappa shape index (κ1) is 16.1. The summed E-state index contributed by atoms with van der Waals surface area (Å²) in [5.74, 6) is 0.613. The lowest BCUT2D eigenvalue weighted by atomic mass is 9.90. The molecule has 0 unspecified atom stereocenters. The summed E-state index contributed by atoms with van der Waals surface area (Å²) in [4.78, 5) is 24.1. The molecule has 3 N–H and O–H groups in total. The largest absolute Gasteiger partial charge is 0.324 e. The van der Waals surface area contributed by atoms with E-state index in [1.54, 1.807) is 18.2 Å². The minimum Gasteiger partial charge on any atom is -0.308 e. The van der Waals surface area contributed by atoms with E-state index < -0.39 is 0 Å². The summed E-state index contributed by atoms with van der Waals surface area (Å²) in [5, 5.41) is 12.5. The zero-order valence-corrected chi connectivity index (χ0v) is 14.1. The quantitative estimate of drug-likeness (QED) is 0.663. The van der Waals surface area contributed by atoms with Crippen LogP contribution in [0.3, 0.4) is 0 Å². The SMILES string of the molecule is O=C(Nc1ccc2c(c1)CCCC2=O)Nc1cc(-c2ccccc2)[nH]n1. The van der Waals surface area contributed by atoms with E-state index in [0.717, 1.165) is 35.2 Å². The summed E-state index contributed by atoms with van der Waals surface area (Å²) in [5.41, 5.74) is 4.24. The second kappa shape index (κ2) is 6.84. The van der Waals surface area contributed by atoms with Crippen molar-refractivity contribution in [1.82, 2.24) is 10.2 Å². The molecule has 1 aliphatic rings. The van der Waals surface area contributed by atoms with Crippen LogP contribution in [0.15, 0.2) is 54.6 Å². The number of hydrogen-bond donors (Lipinski definition) is 3. The third-order valence-corrected chi connectivity index (χ3v) is 4.42. The van der Waals surface area contributed by atoms with Crippen molar-refractivity contribution in [3.05, 3.63) is 65.7 Å². The Labute approximate surface area is 150 Å². The van der Waals surface area contributed by atoms with Crippen LogP contribution in [0, 0.1) is 0 Å². The van der Waals surface area contributed by atoms with E-state index in [1.165, 1.54) is 0 Å². The number of H-pyrrole nitrogens is 1. The van der Waals surface area contributed by atoms with Crippen LogP contribution in [-0.2, 0) is 6.42 Å². The van der Waals surface area contributed by atoms with E-state index >= 15 is 0 Å². The molecule has 2 amide bonds. The number of anilines is 2. The number of ketones is 1. The van der Waals surface area contributed by atoms with Gasteiger partial charge in [-0.25, -0.2) is 4.79 Å². The van der Waals surface area contributed by atoms with Gasteiger partial charge >= 0.3 is 6.03 Å². The molecule has 0 saturated heterocycles. The Kier molecular flexibility index (Phi) is 4.23. The molecule has 0 saturated carbocycles. The van der Waals surface area contributed by atoms with Crippen LogP contribution in [-0.4, -0.2) is 22.0 Å². The highest BCUT2D eigenvalue weighted by molar-refractivity contribution is 6.01.